The molecule has 0 saturated carbocycles. The number of fused-ring (bicyclic) bond motifs is 1. The van der Waals surface area contributed by atoms with Gasteiger partial charge in [-0.2, -0.15) is 0 Å². The fourth-order valence-corrected chi connectivity index (χ4v) is 5.56. The van der Waals surface area contributed by atoms with Crippen LogP contribution in [-0.4, -0.2) is 37.3 Å². The van der Waals surface area contributed by atoms with Crippen molar-refractivity contribution >= 4 is 23.4 Å². The highest BCUT2D eigenvalue weighted by Gasteiger charge is 2.40. The number of anilines is 2. The highest BCUT2D eigenvalue weighted by atomic mass is 16.4. The van der Waals surface area contributed by atoms with Gasteiger partial charge in [-0.3, -0.25) is 0 Å². The monoisotopic (exact) mass is 526 g/mol. The van der Waals surface area contributed by atoms with Gasteiger partial charge >= 0.3 is 5.97 Å². The lowest BCUT2D eigenvalue weighted by molar-refractivity contribution is 0.0697. The van der Waals surface area contributed by atoms with Crippen molar-refractivity contribution in [2.75, 3.05) is 30.9 Å². The van der Waals surface area contributed by atoms with Crippen molar-refractivity contribution in [2.24, 2.45) is 0 Å². The summed E-state index contributed by atoms with van der Waals surface area (Å²) >= 11 is 0. The summed E-state index contributed by atoms with van der Waals surface area (Å²) in [7, 11) is 6.24. The zero-order valence-electron chi connectivity index (χ0n) is 24.3. The molecular weight excluding hydrogens is 484 g/mol. The number of aliphatic hydroxyl groups excluding tert-OH is 1. The number of benzene rings is 3. The number of hydrogen-bond donors (Lipinski definition) is 2. The van der Waals surface area contributed by atoms with Crippen molar-refractivity contribution in [3.63, 3.8) is 0 Å². The summed E-state index contributed by atoms with van der Waals surface area (Å²) in [5.41, 5.74) is 8.23. The Kier molecular flexibility index (Phi) is 7.94. The van der Waals surface area contributed by atoms with Crippen LogP contribution in [0.25, 0.3) is 6.08 Å². The quantitative estimate of drug-likeness (QED) is 0.325. The zero-order chi connectivity index (χ0) is 28.5. The van der Waals surface area contributed by atoms with E-state index < -0.39 is 12.1 Å². The normalized spacial score (nSPS) is 16.5. The summed E-state index contributed by atoms with van der Waals surface area (Å²) in [5, 5.41) is 20.5. The molecule has 5 heteroatoms. The minimum atomic E-state index is -0.949. The second-order valence-electron chi connectivity index (χ2n) is 12.4. The number of rotatable bonds is 8. The molecule has 0 saturated heterocycles. The maximum Gasteiger partial charge on any atom is 0.335 e. The van der Waals surface area contributed by atoms with Gasteiger partial charge in [0.15, 0.2) is 0 Å². The molecule has 5 nitrogen and oxygen atoms in total. The largest absolute Gasteiger partial charge is 0.478 e. The molecule has 1 aliphatic carbocycles. The van der Waals surface area contributed by atoms with Crippen LogP contribution in [0.4, 0.5) is 11.4 Å². The van der Waals surface area contributed by atoms with Gasteiger partial charge in [-0.25, -0.2) is 4.79 Å². The molecule has 0 aliphatic heterocycles. The van der Waals surface area contributed by atoms with Crippen LogP contribution in [0, 0.1) is 0 Å². The van der Waals surface area contributed by atoms with Crippen LogP contribution in [0.1, 0.15) is 84.8 Å². The number of carboxylic acids is 1. The van der Waals surface area contributed by atoms with E-state index in [1.165, 1.54) is 22.4 Å². The molecule has 0 bridgehead atoms. The Labute approximate surface area is 233 Å². The van der Waals surface area contributed by atoms with E-state index in [9.17, 15) is 9.90 Å². The summed E-state index contributed by atoms with van der Waals surface area (Å²) < 4.78 is 0. The Morgan fingerprint density at radius 2 is 1.54 bits per heavy atom. The summed E-state index contributed by atoms with van der Waals surface area (Å²) in [4.78, 5) is 15.6. The van der Waals surface area contributed by atoms with Crippen LogP contribution in [0.2, 0.25) is 0 Å². The molecule has 0 heterocycles. The number of nitrogens with zero attached hydrogens (tertiary/aromatic N) is 2. The minimum absolute atomic E-state index is 0.0000897. The maximum atomic E-state index is 11.3. The number of carbonyl (C=O) groups is 1. The van der Waals surface area contributed by atoms with Crippen LogP contribution in [0.3, 0.4) is 0 Å². The average Bonchev–Trinajstić information content (AvgIpc) is 2.89. The van der Waals surface area contributed by atoms with Crippen molar-refractivity contribution in [3.8, 4) is 0 Å². The molecule has 1 atom stereocenters. The number of aliphatic hydroxyl groups is 1. The van der Waals surface area contributed by atoms with Crippen LogP contribution >= 0.6 is 0 Å². The molecule has 1 unspecified atom stereocenters. The fourth-order valence-electron chi connectivity index (χ4n) is 5.56. The summed E-state index contributed by atoms with van der Waals surface area (Å²) in [6, 6.07) is 19.7. The minimum Gasteiger partial charge on any atom is -0.478 e. The van der Waals surface area contributed by atoms with E-state index in [0.29, 0.717) is 0 Å². The van der Waals surface area contributed by atoms with Gasteiger partial charge in [0, 0.05) is 39.1 Å². The Balaban J connectivity index is 1.72. The van der Waals surface area contributed by atoms with Crippen molar-refractivity contribution in [1.29, 1.82) is 0 Å². The number of aromatic carboxylic acids is 1. The third kappa shape index (κ3) is 6.20. The first kappa shape index (κ1) is 28.4. The van der Waals surface area contributed by atoms with Gasteiger partial charge in [0.25, 0.3) is 0 Å². The van der Waals surface area contributed by atoms with E-state index in [4.69, 9.17) is 5.11 Å². The van der Waals surface area contributed by atoms with E-state index in [0.717, 1.165) is 36.2 Å². The number of hydrogen-bond acceptors (Lipinski definition) is 4. The van der Waals surface area contributed by atoms with Crippen molar-refractivity contribution in [3.05, 3.63) is 100 Å². The second-order valence-corrected chi connectivity index (χ2v) is 12.4. The predicted octanol–water partition coefficient (Wildman–Crippen LogP) is 7.18. The Bertz CT molecular complexity index is 1350. The van der Waals surface area contributed by atoms with Crippen molar-refractivity contribution in [2.45, 2.75) is 64.0 Å². The third-order valence-electron chi connectivity index (χ3n) is 8.17. The average molecular weight is 527 g/mol. The van der Waals surface area contributed by atoms with E-state index >= 15 is 0 Å². The second kappa shape index (κ2) is 10.9. The van der Waals surface area contributed by atoms with Crippen LogP contribution in [0.5, 0.6) is 0 Å². The van der Waals surface area contributed by atoms with Crippen LogP contribution < -0.4 is 9.80 Å². The first-order chi connectivity index (χ1) is 18.3. The molecule has 0 aromatic heterocycles. The summed E-state index contributed by atoms with van der Waals surface area (Å²) in [5.74, 6) is -0.949. The standard InChI is InChI=1S/C34H42N2O3/c1-33(2)18-19-34(3,4)31-28(33)20-26(30(37)17-12-23-8-13-25(14-9-23)32(38)39)21-29(31)36(7)22-24-10-15-27(16-11-24)35(5)6/h8-17,20-21,30,37H,18-19,22H2,1-7H3,(H,38,39)/b17-12+. The molecule has 0 amide bonds. The van der Waals surface area contributed by atoms with E-state index in [2.05, 4.69) is 80.9 Å². The van der Waals surface area contributed by atoms with Gasteiger partial charge in [0.1, 0.15) is 0 Å². The fraction of sp³-hybridized carbons (Fsp3) is 0.382. The molecule has 206 valence electrons. The van der Waals surface area contributed by atoms with Gasteiger partial charge in [-0.15, -0.1) is 0 Å². The lowest BCUT2D eigenvalue weighted by Crippen LogP contribution is -2.36. The van der Waals surface area contributed by atoms with Crippen molar-refractivity contribution < 1.29 is 15.0 Å². The Hall–Kier alpha value is -3.57. The summed E-state index contributed by atoms with van der Waals surface area (Å²) in [6.07, 6.45) is 5.04. The molecule has 39 heavy (non-hydrogen) atoms. The van der Waals surface area contributed by atoms with E-state index in [1.54, 1.807) is 30.3 Å². The van der Waals surface area contributed by atoms with E-state index in [1.807, 2.05) is 20.2 Å². The third-order valence-corrected chi connectivity index (χ3v) is 8.17. The first-order valence-electron chi connectivity index (χ1n) is 13.6. The molecule has 3 aromatic rings. The molecule has 0 fully saturated rings. The molecule has 1 aliphatic rings. The molecule has 2 N–H and O–H groups in total. The predicted molar refractivity (Wildman–Crippen MR) is 162 cm³/mol. The molecule has 3 aromatic carbocycles. The van der Waals surface area contributed by atoms with Gasteiger partial charge in [-0.05, 0) is 81.8 Å². The lowest BCUT2D eigenvalue weighted by Gasteiger charge is -2.44. The van der Waals surface area contributed by atoms with Gasteiger partial charge in [-0.1, -0.05) is 70.2 Å². The topological polar surface area (TPSA) is 64.0 Å². The van der Waals surface area contributed by atoms with Crippen molar-refractivity contribution in [1.82, 2.24) is 0 Å². The highest BCUT2D eigenvalue weighted by Crippen LogP contribution is 2.50. The molecule has 4 rings (SSSR count). The Morgan fingerprint density at radius 3 is 2.13 bits per heavy atom. The smallest absolute Gasteiger partial charge is 0.335 e. The van der Waals surface area contributed by atoms with Gasteiger partial charge < -0.3 is 20.0 Å². The lowest BCUT2D eigenvalue weighted by atomic mass is 9.62. The highest BCUT2D eigenvalue weighted by molar-refractivity contribution is 5.87. The SMILES string of the molecule is CN(C)c1ccc(CN(C)c2cc(C(O)/C=C/c3ccc(C(=O)O)cc3)cc3c2C(C)(C)CCC3(C)C)cc1. The molecule has 0 spiro atoms. The van der Waals surface area contributed by atoms with E-state index in [-0.39, 0.29) is 16.4 Å². The van der Waals surface area contributed by atoms with Crippen LogP contribution in [0.15, 0.2) is 66.7 Å². The maximum absolute atomic E-state index is 11.3. The zero-order valence-corrected chi connectivity index (χ0v) is 24.3. The molecule has 0 radical (unpaired) electrons. The molecular formula is C34H42N2O3. The number of carboxylic acid groups (broad SMARTS) is 1. The first-order valence-corrected chi connectivity index (χ1v) is 13.6. The summed E-state index contributed by atoms with van der Waals surface area (Å²) in [6.45, 7) is 10.0. The van der Waals surface area contributed by atoms with Gasteiger partial charge in [0.2, 0.25) is 0 Å². The Morgan fingerprint density at radius 1 is 0.923 bits per heavy atom. The van der Waals surface area contributed by atoms with Crippen LogP contribution in [-0.2, 0) is 17.4 Å². The van der Waals surface area contributed by atoms with Gasteiger partial charge in [0.05, 0.1) is 11.7 Å².